The number of hydrogen-bond donors (Lipinski definition) is 1. The molecule has 0 saturated carbocycles. The van der Waals surface area contributed by atoms with Gasteiger partial charge in [0.2, 0.25) is 11.8 Å². The molecule has 10 heteroatoms. The van der Waals surface area contributed by atoms with Crippen molar-refractivity contribution in [2.24, 2.45) is 11.8 Å². The Balaban J connectivity index is 1.47. The maximum Gasteiger partial charge on any atom is 0.251 e. The zero-order valence-electron chi connectivity index (χ0n) is 29.4. The van der Waals surface area contributed by atoms with E-state index in [0.29, 0.717) is 30.9 Å². The van der Waals surface area contributed by atoms with Crippen molar-refractivity contribution in [2.45, 2.75) is 60.5 Å². The molecule has 8 nitrogen and oxygen atoms in total. The first-order valence-corrected chi connectivity index (χ1v) is 19.3. The maximum absolute atomic E-state index is 15.3. The number of likely N-dealkylation sites (tertiary alicyclic amines) is 1. The Hall–Kier alpha value is -3.86. The lowest BCUT2D eigenvalue weighted by Crippen LogP contribution is -2.58. The van der Waals surface area contributed by atoms with Crippen LogP contribution in [0.4, 0.5) is 11.4 Å². The van der Waals surface area contributed by atoms with Crippen LogP contribution in [0.15, 0.2) is 98.1 Å². The Bertz CT molecular complexity index is 1790. The minimum Gasteiger partial charge on any atom is -0.494 e. The van der Waals surface area contributed by atoms with Crippen LogP contribution in [0.1, 0.15) is 30.0 Å². The number of nitrogens with zero attached hydrogens (tertiary/aromatic N) is 3. The van der Waals surface area contributed by atoms with E-state index in [1.54, 1.807) is 38.6 Å². The molecule has 51 heavy (non-hydrogen) atoms. The third-order valence-corrected chi connectivity index (χ3v) is 13.7. The van der Waals surface area contributed by atoms with E-state index < -0.39 is 28.7 Å². The van der Waals surface area contributed by atoms with Crippen molar-refractivity contribution in [1.82, 2.24) is 4.90 Å². The summed E-state index contributed by atoms with van der Waals surface area (Å²) in [6.07, 6.45) is 4.27. The summed E-state index contributed by atoms with van der Waals surface area (Å²) in [6, 6.07) is 21.4. The minimum atomic E-state index is -0.929. The number of aryl methyl sites for hydroxylation is 2. The molecule has 3 aromatic rings. The van der Waals surface area contributed by atoms with Gasteiger partial charge in [0.15, 0.2) is 0 Å². The molecule has 7 atom stereocenters. The van der Waals surface area contributed by atoms with Crippen LogP contribution in [0.5, 0.6) is 5.75 Å². The van der Waals surface area contributed by atoms with E-state index in [4.69, 9.17) is 4.74 Å². The summed E-state index contributed by atoms with van der Waals surface area (Å²) in [5, 5.41) is 10.7. The topological polar surface area (TPSA) is 90.4 Å². The van der Waals surface area contributed by atoms with Crippen molar-refractivity contribution in [3.63, 3.8) is 0 Å². The number of thioether (sulfide) groups is 1. The number of carbonyl (C=O) groups is 3. The molecule has 3 aliphatic heterocycles. The number of fused-ring (bicyclic) bond motifs is 1. The highest BCUT2D eigenvalue weighted by molar-refractivity contribution is 9.09. The highest BCUT2D eigenvalue weighted by Gasteiger charge is 2.76. The van der Waals surface area contributed by atoms with Gasteiger partial charge in [-0.3, -0.25) is 14.4 Å². The second kappa shape index (κ2) is 15.4. The van der Waals surface area contributed by atoms with Gasteiger partial charge in [-0.25, -0.2) is 0 Å². The standard InChI is InChI=1S/C41H46BrN3O5S/c1-6-20-43(29-16-18-31(19-17-29)50-8-3)38(47)34-35-39(48)45(30(25-46)23-28-12-10-9-11-13-28)37(41(35)24-32(42)36(34)51-41)40(49)44(21-7-2)33-22-26(4)14-15-27(33)5/h6-7,9-19,22,30,32,34-37,46H,1-2,8,20-21,23-25H2,3-5H3/t30-,32?,34+,35+,36+,37?,41?/m1/s1. The number of rotatable bonds is 14. The van der Waals surface area contributed by atoms with Crippen LogP contribution in [-0.2, 0) is 20.8 Å². The highest BCUT2D eigenvalue weighted by atomic mass is 79.9. The van der Waals surface area contributed by atoms with Gasteiger partial charge >= 0.3 is 0 Å². The molecular weight excluding hydrogens is 726 g/mol. The zero-order valence-corrected chi connectivity index (χ0v) is 31.8. The third kappa shape index (κ3) is 6.66. The Labute approximate surface area is 313 Å². The maximum atomic E-state index is 15.3. The van der Waals surface area contributed by atoms with E-state index in [-0.39, 0.29) is 47.5 Å². The number of carbonyl (C=O) groups excluding carboxylic acids is 3. The number of amides is 3. The summed E-state index contributed by atoms with van der Waals surface area (Å²) in [5.41, 5.74) is 4.30. The van der Waals surface area contributed by atoms with Gasteiger partial charge in [-0.2, -0.15) is 0 Å². The Morgan fingerprint density at radius 3 is 2.37 bits per heavy atom. The predicted molar refractivity (Wildman–Crippen MR) is 209 cm³/mol. The Morgan fingerprint density at radius 1 is 1.04 bits per heavy atom. The van der Waals surface area contributed by atoms with Crippen LogP contribution in [0.2, 0.25) is 0 Å². The largest absolute Gasteiger partial charge is 0.494 e. The van der Waals surface area contributed by atoms with Crippen LogP contribution in [0, 0.1) is 25.7 Å². The third-order valence-electron chi connectivity index (χ3n) is 10.4. The SMILES string of the molecule is C=CCN(C(=O)[C@H]1[C@H]2C(=O)N([C@@H](CO)Cc3ccccc3)C(C(=O)N(CC=C)c3cc(C)ccc3C)C23CC(Br)[C@@H]1S3)c1ccc(OCC)cc1. The van der Waals surface area contributed by atoms with Gasteiger partial charge in [0.1, 0.15) is 11.8 Å². The Morgan fingerprint density at radius 2 is 1.73 bits per heavy atom. The first-order valence-electron chi connectivity index (χ1n) is 17.5. The smallest absolute Gasteiger partial charge is 0.251 e. The van der Waals surface area contributed by atoms with E-state index in [2.05, 4.69) is 29.1 Å². The lowest BCUT2D eigenvalue weighted by atomic mass is 9.70. The van der Waals surface area contributed by atoms with Gasteiger partial charge in [0, 0.05) is 34.5 Å². The molecule has 3 aliphatic rings. The van der Waals surface area contributed by atoms with Gasteiger partial charge in [-0.15, -0.1) is 24.9 Å². The number of hydrogen-bond acceptors (Lipinski definition) is 6. The second-order valence-corrected chi connectivity index (χ2v) is 16.3. The summed E-state index contributed by atoms with van der Waals surface area (Å²) >= 11 is 5.51. The van der Waals surface area contributed by atoms with Gasteiger partial charge in [0.05, 0.1) is 35.8 Å². The predicted octanol–water partition coefficient (Wildman–Crippen LogP) is 6.51. The summed E-state index contributed by atoms with van der Waals surface area (Å²) in [7, 11) is 0. The lowest BCUT2D eigenvalue weighted by molar-refractivity contribution is -0.141. The van der Waals surface area contributed by atoms with E-state index in [1.807, 2.05) is 93.6 Å². The van der Waals surface area contributed by atoms with Gasteiger partial charge < -0.3 is 24.5 Å². The molecule has 3 saturated heterocycles. The molecule has 3 heterocycles. The molecule has 0 aromatic heterocycles. The molecule has 0 aliphatic carbocycles. The summed E-state index contributed by atoms with van der Waals surface area (Å²) in [5.74, 6) is -1.47. The van der Waals surface area contributed by atoms with Crippen molar-refractivity contribution < 1.29 is 24.2 Å². The van der Waals surface area contributed by atoms with Crippen LogP contribution in [0.3, 0.4) is 0 Å². The molecule has 3 fully saturated rings. The van der Waals surface area contributed by atoms with Crippen molar-refractivity contribution in [2.75, 3.05) is 36.1 Å². The molecule has 1 N–H and O–H groups in total. The van der Waals surface area contributed by atoms with E-state index in [0.717, 1.165) is 22.4 Å². The molecule has 6 rings (SSSR count). The molecule has 3 unspecified atom stereocenters. The summed E-state index contributed by atoms with van der Waals surface area (Å²) < 4.78 is 4.73. The molecule has 268 valence electrons. The highest BCUT2D eigenvalue weighted by Crippen LogP contribution is 2.68. The van der Waals surface area contributed by atoms with Crippen molar-refractivity contribution in [1.29, 1.82) is 0 Å². The van der Waals surface area contributed by atoms with Crippen LogP contribution in [0.25, 0.3) is 0 Å². The molecule has 2 bridgehead atoms. The quantitative estimate of drug-likeness (QED) is 0.149. The molecule has 0 radical (unpaired) electrons. The first-order chi connectivity index (χ1) is 24.6. The zero-order chi connectivity index (χ0) is 36.4. The van der Waals surface area contributed by atoms with Gasteiger partial charge in [-0.05, 0) is 80.6 Å². The molecular formula is C41H46BrN3O5S. The number of aliphatic hydroxyl groups is 1. The van der Waals surface area contributed by atoms with E-state index >= 15 is 9.59 Å². The average Bonchev–Trinajstić information content (AvgIpc) is 3.73. The number of anilines is 2. The number of halogens is 1. The average molecular weight is 773 g/mol. The minimum absolute atomic E-state index is 0.114. The Kier molecular flexibility index (Phi) is 11.1. The number of ether oxygens (including phenoxy) is 1. The summed E-state index contributed by atoms with van der Waals surface area (Å²) in [4.78, 5) is 50.3. The fourth-order valence-corrected chi connectivity index (χ4v) is 11.9. The normalized spacial score (nSPS) is 25.3. The van der Waals surface area contributed by atoms with E-state index in [9.17, 15) is 9.90 Å². The van der Waals surface area contributed by atoms with Crippen LogP contribution < -0.4 is 14.5 Å². The number of aliphatic hydroxyl groups excluding tert-OH is 1. The van der Waals surface area contributed by atoms with Crippen molar-refractivity contribution in [3.8, 4) is 5.75 Å². The van der Waals surface area contributed by atoms with Crippen molar-refractivity contribution in [3.05, 3.63) is 115 Å². The van der Waals surface area contributed by atoms with Crippen LogP contribution in [-0.4, -0.2) is 80.9 Å². The second-order valence-electron chi connectivity index (χ2n) is 13.6. The molecule has 1 spiro atoms. The molecule has 3 aromatic carbocycles. The lowest BCUT2D eigenvalue weighted by Gasteiger charge is -2.40. The van der Waals surface area contributed by atoms with Gasteiger partial charge in [0.25, 0.3) is 5.91 Å². The fraction of sp³-hybridized carbons (Fsp3) is 0.390. The van der Waals surface area contributed by atoms with E-state index in [1.165, 1.54) is 0 Å². The fourth-order valence-electron chi connectivity index (χ4n) is 8.27. The number of benzene rings is 3. The molecule has 3 amide bonds. The van der Waals surface area contributed by atoms with Gasteiger partial charge in [-0.1, -0.05) is 70.5 Å². The first kappa shape index (κ1) is 36.9. The van der Waals surface area contributed by atoms with Crippen LogP contribution >= 0.6 is 27.7 Å². The summed E-state index contributed by atoms with van der Waals surface area (Å²) in [6.45, 7) is 14.5. The number of alkyl halides is 1. The monoisotopic (exact) mass is 771 g/mol. The van der Waals surface area contributed by atoms with Crippen molar-refractivity contribution >= 4 is 56.8 Å².